The van der Waals surface area contributed by atoms with E-state index in [9.17, 15) is 9.59 Å². The van der Waals surface area contributed by atoms with Gasteiger partial charge in [0.25, 0.3) is 11.5 Å². The molecule has 7 heteroatoms. The molecule has 6 nitrogen and oxygen atoms in total. The summed E-state index contributed by atoms with van der Waals surface area (Å²) in [5.74, 6) is 0.543. The van der Waals surface area contributed by atoms with Gasteiger partial charge >= 0.3 is 0 Å². The van der Waals surface area contributed by atoms with E-state index in [-0.39, 0.29) is 11.5 Å². The number of hydrogen-bond donors (Lipinski definition) is 1. The molecule has 0 saturated carbocycles. The lowest BCUT2D eigenvalue weighted by Gasteiger charge is -2.08. The Balaban J connectivity index is 1.79. The van der Waals surface area contributed by atoms with Gasteiger partial charge in [-0.2, -0.15) is 0 Å². The van der Waals surface area contributed by atoms with Crippen LogP contribution in [0.4, 0.5) is 5.69 Å². The summed E-state index contributed by atoms with van der Waals surface area (Å²) in [7, 11) is 0. The van der Waals surface area contributed by atoms with Crippen molar-refractivity contribution in [1.82, 2.24) is 9.55 Å². The van der Waals surface area contributed by atoms with Crippen molar-refractivity contribution in [3.63, 3.8) is 0 Å². The van der Waals surface area contributed by atoms with Crippen molar-refractivity contribution in [3.8, 4) is 5.75 Å². The van der Waals surface area contributed by atoms with Crippen LogP contribution in [0.5, 0.6) is 5.75 Å². The van der Waals surface area contributed by atoms with Gasteiger partial charge in [0.2, 0.25) is 0 Å². The van der Waals surface area contributed by atoms with E-state index in [0.717, 1.165) is 18.6 Å². The lowest BCUT2D eigenvalue weighted by atomic mass is 10.2. The van der Waals surface area contributed by atoms with Gasteiger partial charge in [0, 0.05) is 12.2 Å². The molecule has 1 aromatic carbocycles. The largest absolute Gasteiger partial charge is 0.494 e. The average Bonchev–Trinajstić information content (AvgIpc) is 3.01. The number of fused-ring (bicyclic) bond motifs is 1. The zero-order valence-electron chi connectivity index (χ0n) is 15.7. The van der Waals surface area contributed by atoms with E-state index in [1.54, 1.807) is 11.5 Å². The Hall–Kier alpha value is -2.67. The molecular formula is C20H23N3O3S. The molecule has 0 aliphatic rings. The molecule has 0 spiro atoms. The predicted molar refractivity (Wildman–Crippen MR) is 109 cm³/mol. The molecule has 1 amide bonds. The van der Waals surface area contributed by atoms with Gasteiger partial charge in [-0.05, 0) is 50.1 Å². The highest BCUT2D eigenvalue weighted by Crippen LogP contribution is 2.28. The molecule has 0 aliphatic heterocycles. The summed E-state index contributed by atoms with van der Waals surface area (Å²) in [5, 5.41) is 3.40. The molecule has 0 atom stereocenters. The highest BCUT2D eigenvalue weighted by molar-refractivity contribution is 7.20. The van der Waals surface area contributed by atoms with Gasteiger partial charge in [0.1, 0.15) is 10.6 Å². The number of anilines is 1. The third kappa shape index (κ3) is 4.03. The Morgan fingerprint density at radius 1 is 1.26 bits per heavy atom. The van der Waals surface area contributed by atoms with Gasteiger partial charge in [0.15, 0.2) is 0 Å². The molecule has 0 aliphatic carbocycles. The molecular weight excluding hydrogens is 362 g/mol. The second-order valence-corrected chi connectivity index (χ2v) is 7.25. The number of ether oxygens (including phenoxy) is 1. The topological polar surface area (TPSA) is 73.2 Å². The fourth-order valence-corrected chi connectivity index (χ4v) is 3.79. The quantitative estimate of drug-likeness (QED) is 0.618. The maximum absolute atomic E-state index is 12.7. The zero-order chi connectivity index (χ0) is 19.4. The van der Waals surface area contributed by atoms with Crippen molar-refractivity contribution in [3.05, 3.63) is 51.4 Å². The summed E-state index contributed by atoms with van der Waals surface area (Å²) in [6.45, 7) is 7.03. The first-order valence-electron chi connectivity index (χ1n) is 9.07. The minimum absolute atomic E-state index is 0.108. The molecule has 27 heavy (non-hydrogen) atoms. The van der Waals surface area contributed by atoms with Crippen LogP contribution in [0, 0.1) is 6.92 Å². The predicted octanol–water partition coefficient (Wildman–Crippen LogP) is 4.22. The van der Waals surface area contributed by atoms with Crippen molar-refractivity contribution >= 4 is 33.1 Å². The SMILES string of the molecule is CCCCOc1ccc(NC(=O)c2sc3ncn(CC)c(=O)c3c2C)cc1. The van der Waals surface area contributed by atoms with E-state index < -0.39 is 0 Å². The Morgan fingerprint density at radius 3 is 2.67 bits per heavy atom. The van der Waals surface area contributed by atoms with Crippen LogP contribution >= 0.6 is 11.3 Å². The molecule has 2 aromatic heterocycles. The zero-order valence-corrected chi connectivity index (χ0v) is 16.6. The minimum atomic E-state index is -0.238. The van der Waals surface area contributed by atoms with Crippen LogP contribution in [0.2, 0.25) is 0 Å². The molecule has 142 valence electrons. The fraction of sp³-hybridized carbons (Fsp3) is 0.350. The van der Waals surface area contributed by atoms with E-state index in [4.69, 9.17) is 4.74 Å². The van der Waals surface area contributed by atoms with E-state index in [1.165, 1.54) is 17.7 Å². The number of nitrogens with one attached hydrogen (secondary N) is 1. The Kier molecular flexibility index (Phi) is 5.91. The normalized spacial score (nSPS) is 10.9. The summed E-state index contributed by atoms with van der Waals surface area (Å²) >= 11 is 1.24. The molecule has 0 bridgehead atoms. The molecule has 3 rings (SSSR count). The van der Waals surface area contributed by atoms with E-state index in [0.29, 0.717) is 39.5 Å². The molecule has 2 heterocycles. The van der Waals surface area contributed by atoms with Gasteiger partial charge in [-0.25, -0.2) is 4.98 Å². The number of rotatable bonds is 7. The smallest absolute Gasteiger partial charge is 0.266 e. The number of carbonyl (C=O) groups excluding carboxylic acids is 1. The number of aromatic nitrogens is 2. The Labute approximate surface area is 161 Å². The summed E-state index contributed by atoms with van der Waals surface area (Å²) in [6.07, 6.45) is 3.62. The fourth-order valence-electron chi connectivity index (χ4n) is 2.76. The molecule has 0 saturated heterocycles. The van der Waals surface area contributed by atoms with Crippen LogP contribution in [0.25, 0.3) is 10.2 Å². The second-order valence-electron chi connectivity index (χ2n) is 6.25. The standard InChI is InChI=1S/C20H23N3O3S/c1-4-6-11-26-15-9-7-14(8-10-15)22-18(24)17-13(3)16-19(27-17)21-12-23(5-2)20(16)25/h7-10,12H,4-6,11H2,1-3H3,(H,22,24). The Bertz CT molecular complexity index is 1010. The number of amides is 1. The molecule has 0 fully saturated rings. The van der Waals surface area contributed by atoms with Crippen molar-refractivity contribution < 1.29 is 9.53 Å². The van der Waals surface area contributed by atoms with Crippen LogP contribution in [-0.4, -0.2) is 22.1 Å². The van der Waals surface area contributed by atoms with Crippen LogP contribution in [-0.2, 0) is 6.54 Å². The monoisotopic (exact) mass is 385 g/mol. The molecule has 1 N–H and O–H groups in total. The minimum Gasteiger partial charge on any atom is -0.494 e. The summed E-state index contributed by atoms with van der Waals surface area (Å²) in [4.78, 5) is 30.6. The second kappa shape index (κ2) is 8.35. The van der Waals surface area contributed by atoms with Crippen molar-refractivity contribution in [2.45, 2.75) is 40.2 Å². The van der Waals surface area contributed by atoms with E-state index in [1.807, 2.05) is 31.2 Å². The van der Waals surface area contributed by atoms with Crippen molar-refractivity contribution in [2.75, 3.05) is 11.9 Å². The number of unbranched alkanes of at least 4 members (excludes halogenated alkanes) is 1. The van der Waals surface area contributed by atoms with Gasteiger partial charge in [0.05, 0.1) is 23.2 Å². The van der Waals surface area contributed by atoms with Crippen LogP contribution in [0.15, 0.2) is 35.4 Å². The number of thiophene rings is 1. The van der Waals surface area contributed by atoms with E-state index >= 15 is 0 Å². The summed E-state index contributed by atoms with van der Waals surface area (Å²) in [5.41, 5.74) is 1.25. The first-order chi connectivity index (χ1) is 13.0. The summed E-state index contributed by atoms with van der Waals surface area (Å²) in [6, 6.07) is 7.29. The highest BCUT2D eigenvalue weighted by atomic mass is 32.1. The number of hydrogen-bond acceptors (Lipinski definition) is 5. The number of nitrogens with zero attached hydrogens (tertiary/aromatic N) is 2. The third-order valence-electron chi connectivity index (χ3n) is 4.34. The van der Waals surface area contributed by atoms with E-state index in [2.05, 4.69) is 17.2 Å². The maximum atomic E-state index is 12.7. The van der Waals surface area contributed by atoms with Gasteiger partial charge < -0.3 is 10.1 Å². The van der Waals surface area contributed by atoms with Crippen molar-refractivity contribution in [1.29, 1.82) is 0 Å². The van der Waals surface area contributed by atoms with Crippen molar-refractivity contribution in [2.24, 2.45) is 0 Å². The van der Waals surface area contributed by atoms with Crippen LogP contribution in [0.3, 0.4) is 0 Å². The van der Waals surface area contributed by atoms with Gasteiger partial charge in [-0.15, -0.1) is 11.3 Å². The maximum Gasteiger partial charge on any atom is 0.266 e. The number of aryl methyl sites for hydroxylation is 2. The van der Waals surface area contributed by atoms with Gasteiger partial charge in [-0.1, -0.05) is 13.3 Å². The average molecular weight is 385 g/mol. The van der Waals surface area contributed by atoms with Gasteiger partial charge in [-0.3, -0.25) is 14.2 Å². The molecule has 0 radical (unpaired) electrons. The molecule has 3 aromatic rings. The number of carbonyl (C=O) groups is 1. The summed E-state index contributed by atoms with van der Waals surface area (Å²) < 4.78 is 7.17. The van der Waals surface area contributed by atoms with Crippen LogP contribution < -0.4 is 15.6 Å². The Morgan fingerprint density at radius 2 is 2.00 bits per heavy atom. The first kappa shape index (κ1) is 19.1. The van der Waals surface area contributed by atoms with Crippen LogP contribution in [0.1, 0.15) is 41.9 Å². The lowest BCUT2D eigenvalue weighted by Crippen LogP contribution is -2.19. The highest BCUT2D eigenvalue weighted by Gasteiger charge is 2.19. The lowest BCUT2D eigenvalue weighted by molar-refractivity contribution is 0.103. The third-order valence-corrected chi connectivity index (χ3v) is 5.54. The number of benzene rings is 1. The first-order valence-corrected chi connectivity index (χ1v) is 9.89. The molecule has 0 unspecified atom stereocenters.